The Morgan fingerprint density at radius 2 is 1.53 bits per heavy atom. The number of anilines is 3. The Morgan fingerprint density at radius 1 is 0.900 bits per heavy atom. The van der Waals surface area contributed by atoms with Crippen molar-refractivity contribution in [3.8, 4) is 5.75 Å². The molecule has 1 saturated carbocycles. The summed E-state index contributed by atoms with van der Waals surface area (Å²) in [5.74, 6) is 0.592. The highest BCUT2D eigenvalue weighted by Gasteiger charge is 2.29. The van der Waals surface area contributed by atoms with Crippen molar-refractivity contribution in [1.82, 2.24) is 0 Å². The monoisotopic (exact) mass is 409 g/mol. The van der Waals surface area contributed by atoms with Gasteiger partial charge in [0.25, 0.3) is 5.91 Å². The fraction of sp³-hybridized carbons (Fsp3) is 0.348. The molecular weight excluding hydrogens is 382 g/mol. The van der Waals surface area contributed by atoms with Crippen LogP contribution in [0.25, 0.3) is 0 Å². The zero-order valence-corrected chi connectivity index (χ0v) is 17.2. The highest BCUT2D eigenvalue weighted by molar-refractivity contribution is 5.95. The van der Waals surface area contributed by atoms with Gasteiger partial charge in [-0.1, -0.05) is 19.9 Å². The molecular formula is C23H27N3O4. The average Bonchev–Trinajstić information content (AvgIpc) is 3.53. The predicted molar refractivity (Wildman–Crippen MR) is 116 cm³/mol. The molecule has 0 heterocycles. The van der Waals surface area contributed by atoms with Crippen LogP contribution in [0.1, 0.15) is 33.1 Å². The third-order valence-corrected chi connectivity index (χ3v) is 4.47. The maximum absolute atomic E-state index is 12.2. The summed E-state index contributed by atoms with van der Waals surface area (Å²) < 4.78 is 5.53. The van der Waals surface area contributed by atoms with E-state index in [9.17, 15) is 14.4 Å². The minimum Gasteiger partial charge on any atom is -0.484 e. The van der Waals surface area contributed by atoms with Gasteiger partial charge in [-0.25, -0.2) is 0 Å². The maximum Gasteiger partial charge on any atom is 0.262 e. The van der Waals surface area contributed by atoms with E-state index >= 15 is 0 Å². The van der Waals surface area contributed by atoms with Gasteiger partial charge in [0.05, 0.1) is 0 Å². The summed E-state index contributed by atoms with van der Waals surface area (Å²) in [5, 5.41) is 8.42. The quantitative estimate of drug-likeness (QED) is 0.582. The van der Waals surface area contributed by atoms with Gasteiger partial charge in [0.1, 0.15) is 5.75 Å². The summed E-state index contributed by atoms with van der Waals surface area (Å²) in [6.45, 7) is 3.81. The third-order valence-electron chi connectivity index (χ3n) is 4.47. The summed E-state index contributed by atoms with van der Waals surface area (Å²) in [5.41, 5.74) is 1.94. The van der Waals surface area contributed by atoms with E-state index < -0.39 is 0 Å². The number of benzene rings is 2. The fourth-order valence-electron chi connectivity index (χ4n) is 2.82. The van der Waals surface area contributed by atoms with Crippen LogP contribution in [0, 0.1) is 11.8 Å². The molecule has 1 aliphatic carbocycles. The Hall–Kier alpha value is -3.35. The van der Waals surface area contributed by atoms with Crippen LogP contribution in [0.15, 0.2) is 48.5 Å². The standard InChI is InChI=1S/C23H27N3O4/c1-15(2)12-21(27)24-17-8-10-18(11-9-17)25-22(28)14-30-20-5-3-4-19(13-20)26-23(29)16-6-7-16/h3-5,8-11,13,15-16H,6-7,12,14H2,1-2H3,(H,24,27)(H,25,28)(H,26,29). The molecule has 3 rings (SSSR count). The van der Waals surface area contributed by atoms with Crippen molar-refractivity contribution in [3.05, 3.63) is 48.5 Å². The van der Waals surface area contributed by atoms with E-state index in [4.69, 9.17) is 4.74 Å². The SMILES string of the molecule is CC(C)CC(=O)Nc1ccc(NC(=O)COc2cccc(NC(=O)C3CC3)c2)cc1. The molecule has 0 radical (unpaired) electrons. The van der Waals surface area contributed by atoms with E-state index in [0.29, 0.717) is 35.2 Å². The van der Waals surface area contributed by atoms with Crippen molar-refractivity contribution in [2.45, 2.75) is 33.1 Å². The van der Waals surface area contributed by atoms with Crippen molar-refractivity contribution in [2.24, 2.45) is 11.8 Å². The topological polar surface area (TPSA) is 96.5 Å². The average molecular weight is 409 g/mol. The third kappa shape index (κ3) is 6.92. The number of nitrogens with one attached hydrogen (secondary N) is 3. The van der Waals surface area contributed by atoms with Gasteiger partial charge in [-0.15, -0.1) is 0 Å². The largest absolute Gasteiger partial charge is 0.484 e. The van der Waals surface area contributed by atoms with Crippen LogP contribution in [0.5, 0.6) is 5.75 Å². The zero-order chi connectivity index (χ0) is 21.5. The molecule has 0 atom stereocenters. The van der Waals surface area contributed by atoms with E-state index in [-0.39, 0.29) is 30.2 Å². The smallest absolute Gasteiger partial charge is 0.262 e. The van der Waals surface area contributed by atoms with Gasteiger partial charge in [0.15, 0.2) is 6.61 Å². The van der Waals surface area contributed by atoms with Crippen molar-refractivity contribution in [3.63, 3.8) is 0 Å². The van der Waals surface area contributed by atoms with Crippen molar-refractivity contribution in [2.75, 3.05) is 22.6 Å². The van der Waals surface area contributed by atoms with Gasteiger partial charge in [-0.05, 0) is 55.2 Å². The van der Waals surface area contributed by atoms with Crippen LogP contribution in [-0.4, -0.2) is 24.3 Å². The van der Waals surface area contributed by atoms with Crippen molar-refractivity contribution < 1.29 is 19.1 Å². The lowest BCUT2D eigenvalue weighted by atomic mass is 10.1. The zero-order valence-electron chi connectivity index (χ0n) is 17.2. The molecule has 158 valence electrons. The van der Waals surface area contributed by atoms with Crippen LogP contribution in [0.3, 0.4) is 0 Å². The van der Waals surface area contributed by atoms with Gasteiger partial charge >= 0.3 is 0 Å². The Balaban J connectivity index is 1.45. The number of hydrogen-bond acceptors (Lipinski definition) is 4. The molecule has 0 bridgehead atoms. The number of carbonyl (C=O) groups excluding carboxylic acids is 3. The first kappa shape index (κ1) is 21.4. The number of rotatable bonds is 9. The van der Waals surface area contributed by atoms with E-state index in [1.165, 1.54) is 0 Å². The Labute approximate surface area is 176 Å². The van der Waals surface area contributed by atoms with Gasteiger partial charge < -0.3 is 20.7 Å². The molecule has 1 aliphatic rings. The molecule has 0 saturated heterocycles. The summed E-state index contributed by atoms with van der Waals surface area (Å²) in [6, 6.07) is 13.9. The van der Waals surface area contributed by atoms with Gasteiger partial charge in [0, 0.05) is 35.5 Å². The van der Waals surface area contributed by atoms with Crippen LogP contribution >= 0.6 is 0 Å². The molecule has 2 aromatic carbocycles. The molecule has 2 aromatic rings. The first-order chi connectivity index (χ1) is 14.4. The molecule has 7 nitrogen and oxygen atoms in total. The van der Waals surface area contributed by atoms with Crippen LogP contribution in [0.4, 0.5) is 17.1 Å². The highest BCUT2D eigenvalue weighted by atomic mass is 16.5. The lowest BCUT2D eigenvalue weighted by molar-refractivity contribution is -0.118. The second kappa shape index (κ2) is 9.91. The normalized spacial score (nSPS) is 12.9. The molecule has 1 fully saturated rings. The molecule has 3 N–H and O–H groups in total. The second-order valence-corrected chi connectivity index (χ2v) is 7.85. The lowest BCUT2D eigenvalue weighted by Crippen LogP contribution is -2.20. The summed E-state index contributed by atoms with van der Waals surface area (Å²) >= 11 is 0. The minimum atomic E-state index is -0.306. The molecule has 30 heavy (non-hydrogen) atoms. The van der Waals surface area contributed by atoms with Crippen LogP contribution < -0.4 is 20.7 Å². The van der Waals surface area contributed by atoms with E-state index in [1.807, 2.05) is 13.8 Å². The van der Waals surface area contributed by atoms with Gasteiger partial charge in [-0.2, -0.15) is 0 Å². The Bertz CT molecular complexity index is 905. The number of hydrogen-bond donors (Lipinski definition) is 3. The van der Waals surface area contributed by atoms with E-state index in [1.54, 1.807) is 48.5 Å². The number of ether oxygens (including phenoxy) is 1. The fourth-order valence-corrected chi connectivity index (χ4v) is 2.82. The molecule has 7 heteroatoms. The number of carbonyl (C=O) groups is 3. The summed E-state index contributed by atoms with van der Waals surface area (Å²) in [6.07, 6.45) is 2.34. The van der Waals surface area contributed by atoms with Gasteiger partial charge in [0.2, 0.25) is 11.8 Å². The molecule has 0 aliphatic heterocycles. The molecule has 0 spiro atoms. The number of amides is 3. The van der Waals surface area contributed by atoms with E-state index in [0.717, 1.165) is 12.8 Å². The molecule has 3 amide bonds. The predicted octanol–water partition coefficient (Wildman–Crippen LogP) is 4.04. The Morgan fingerprint density at radius 3 is 2.13 bits per heavy atom. The maximum atomic E-state index is 12.2. The second-order valence-electron chi connectivity index (χ2n) is 7.85. The highest BCUT2D eigenvalue weighted by Crippen LogP contribution is 2.30. The first-order valence-corrected chi connectivity index (χ1v) is 10.1. The van der Waals surface area contributed by atoms with Crippen molar-refractivity contribution >= 4 is 34.8 Å². The summed E-state index contributed by atoms with van der Waals surface area (Å²) in [7, 11) is 0. The Kier molecular flexibility index (Phi) is 7.06. The minimum absolute atomic E-state index is 0.0220. The molecule has 0 unspecified atom stereocenters. The van der Waals surface area contributed by atoms with Crippen LogP contribution in [-0.2, 0) is 14.4 Å². The van der Waals surface area contributed by atoms with Gasteiger partial charge in [-0.3, -0.25) is 14.4 Å². The lowest BCUT2D eigenvalue weighted by Gasteiger charge is -2.10. The van der Waals surface area contributed by atoms with Crippen molar-refractivity contribution in [1.29, 1.82) is 0 Å². The van der Waals surface area contributed by atoms with Crippen LogP contribution in [0.2, 0.25) is 0 Å². The van der Waals surface area contributed by atoms with E-state index in [2.05, 4.69) is 16.0 Å². The summed E-state index contributed by atoms with van der Waals surface area (Å²) in [4.78, 5) is 35.8. The first-order valence-electron chi connectivity index (χ1n) is 10.1. The molecule has 0 aromatic heterocycles.